The molecule has 0 unspecified atom stereocenters. The average molecular weight is 1270 g/mol. The first-order chi connectivity index (χ1) is 41.8. The number of aliphatic hydroxyl groups is 16. The summed E-state index contributed by atoms with van der Waals surface area (Å²) in [7, 11) is 0. The van der Waals surface area contributed by atoms with Crippen LogP contribution < -0.4 is 5.32 Å². The van der Waals surface area contributed by atoms with E-state index in [2.05, 4.69) is 26.1 Å². The van der Waals surface area contributed by atoms with Gasteiger partial charge < -0.3 is 139 Å². The second-order valence-corrected chi connectivity index (χ2v) is 27.5. The minimum absolute atomic E-state index is 0.0503. The Kier molecular flexibility index (Phi) is 20.7. The molecule has 4 aliphatic carbocycles. The Morgan fingerprint density at radius 1 is 0.545 bits per heavy atom. The molecule has 11 fully saturated rings. The van der Waals surface area contributed by atoms with Gasteiger partial charge in [0.15, 0.2) is 37.2 Å². The van der Waals surface area contributed by atoms with Crippen molar-refractivity contribution >= 4 is 5.97 Å². The lowest BCUT2D eigenvalue weighted by Gasteiger charge is -2.61. The number of aliphatic hydroxyl groups excluding tert-OH is 16. The molecular formula is C58H95NO29. The summed E-state index contributed by atoms with van der Waals surface area (Å²) >= 11 is 0. The second kappa shape index (κ2) is 26.9. The maximum atomic E-state index is 12.7. The zero-order chi connectivity index (χ0) is 63.2. The molecule has 0 aromatic carbocycles. The third-order valence-corrected chi connectivity index (χ3v) is 22.7. The highest BCUT2D eigenvalue weighted by atomic mass is 16.8. The molecule has 7 heterocycles. The van der Waals surface area contributed by atoms with Gasteiger partial charge in [-0.3, -0.25) is 10.1 Å². The van der Waals surface area contributed by atoms with Gasteiger partial charge in [-0.15, -0.1) is 0 Å². The minimum atomic E-state index is -2.03. The smallest absolute Gasteiger partial charge is 0.303 e. The average Bonchev–Trinajstić information content (AvgIpc) is 1.50. The Labute approximate surface area is 508 Å². The number of fused-ring (bicyclic) bond motifs is 7. The molecule has 0 aromatic rings. The van der Waals surface area contributed by atoms with Crippen LogP contribution in [0, 0.1) is 52.3 Å². The number of piperidine rings is 1. The highest BCUT2D eigenvalue weighted by Crippen LogP contribution is 2.71. The number of carbonyl (C=O) groups excluding carboxylic acids is 1. The van der Waals surface area contributed by atoms with Crippen LogP contribution >= 0.6 is 0 Å². The lowest BCUT2D eigenvalue weighted by molar-refractivity contribution is -0.404. The van der Waals surface area contributed by atoms with E-state index >= 15 is 0 Å². The molecule has 0 radical (unpaired) electrons. The zero-order valence-electron chi connectivity index (χ0n) is 49.9. The normalized spacial score (nSPS) is 55.5. The summed E-state index contributed by atoms with van der Waals surface area (Å²) in [6.07, 6.45) is -34.8. The Morgan fingerprint density at radius 2 is 1.11 bits per heavy atom. The van der Waals surface area contributed by atoms with Gasteiger partial charge in [0.05, 0.1) is 51.8 Å². The lowest BCUT2D eigenvalue weighted by Crippen LogP contribution is -2.68. The Balaban J connectivity index is 0.728. The summed E-state index contributed by atoms with van der Waals surface area (Å²) in [5, 5.41) is 175. The van der Waals surface area contributed by atoms with Gasteiger partial charge in [-0.1, -0.05) is 20.8 Å². The van der Waals surface area contributed by atoms with Crippen molar-refractivity contribution in [2.75, 3.05) is 46.2 Å². The maximum Gasteiger partial charge on any atom is 0.303 e. The number of esters is 1. The summed E-state index contributed by atoms with van der Waals surface area (Å²) in [4.78, 5) is 12.7. The van der Waals surface area contributed by atoms with Crippen molar-refractivity contribution in [3.63, 3.8) is 0 Å². The summed E-state index contributed by atoms with van der Waals surface area (Å²) < 4.78 is 72.8. The number of hydrogen-bond donors (Lipinski definition) is 17. The molecule has 30 heteroatoms. The van der Waals surface area contributed by atoms with E-state index < -0.39 is 204 Å². The van der Waals surface area contributed by atoms with E-state index in [0.29, 0.717) is 43.6 Å². The Morgan fingerprint density at radius 3 is 1.78 bits per heavy atom. The first-order valence-electron chi connectivity index (χ1n) is 31.5. The molecular weight excluding hydrogens is 1170 g/mol. The van der Waals surface area contributed by atoms with E-state index in [1.807, 2.05) is 0 Å². The van der Waals surface area contributed by atoms with Crippen LogP contribution in [0.3, 0.4) is 0 Å². The predicted molar refractivity (Wildman–Crippen MR) is 289 cm³/mol. The first kappa shape index (κ1) is 67.8. The van der Waals surface area contributed by atoms with Crippen molar-refractivity contribution in [3.05, 3.63) is 0 Å². The first-order valence-corrected chi connectivity index (χ1v) is 31.5. The number of ether oxygens (including phenoxy) is 12. The molecule has 17 N–H and O–H groups in total. The molecule has 37 atom stereocenters. The van der Waals surface area contributed by atoms with E-state index in [1.54, 1.807) is 0 Å². The van der Waals surface area contributed by atoms with Crippen LogP contribution in [0.15, 0.2) is 0 Å². The van der Waals surface area contributed by atoms with Crippen molar-refractivity contribution in [3.8, 4) is 0 Å². The van der Waals surface area contributed by atoms with Gasteiger partial charge in [-0.2, -0.15) is 0 Å². The van der Waals surface area contributed by atoms with Crippen molar-refractivity contribution in [1.29, 1.82) is 0 Å². The fraction of sp³-hybridized carbons (Fsp3) is 0.983. The molecule has 7 aliphatic heterocycles. The van der Waals surface area contributed by atoms with Gasteiger partial charge in [-0.25, -0.2) is 0 Å². The van der Waals surface area contributed by atoms with Crippen LogP contribution in [-0.4, -0.2) is 305 Å². The van der Waals surface area contributed by atoms with Crippen molar-refractivity contribution in [1.82, 2.24) is 5.32 Å². The molecule has 30 nitrogen and oxygen atoms in total. The van der Waals surface area contributed by atoms with E-state index in [0.717, 1.165) is 38.5 Å². The van der Waals surface area contributed by atoms with E-state index in [9.17, 15) is 86.5 Å². The van der Waals surface area contributed by atoms with Gasteiger partial charge in [0, 0.05) is 19.4 Å². The van der Waals surface area contributed by atoms with Gasteiger partial charge in [0.2, 0.25) is 0 Å². The monoisotopic (exact) mass is 1270 g/mol. The van der Waals surface area contributed by atoms with Crippen LogP contribution in [-0.2, 0) is 61.6 Å². The second-order valence-electron chi connectivity index (χ2n) is 27.5. The van der Waals surface area contributed by atoms with Crippen molar-refractivity contribution in [2.45, 2.75) is 257 Å². The number of carbonyl (C=O) groups is 1. The molecule has 0 bridgehead atoms. The van der Waals surface area contributed by atoms with Gasteiger partial charge >= 0.3 is 5.97 Å². The number of rotatable bonds is 16. The summed E-state index contributed by atoms with van der Waals surface area (Å²) in [6, 6.07) is 0. The molecule has 4 saturated carbocycles. The van der Waals surface area contributed by atoms with Crippen molar-refractivity contribution in [2.24, 2.45) is 52.3 Å². The van der Waals surface area contributed by atoms with Crippen LogP contribution in [0.4, 0.5) is 0 Å². The summed E-state index contributed by atoms with van der Waals surface area (Å²) in [5.74, 6) is 0.879. The van der Waals surface area contributed by atoms with E-state index in [-0.39, 0.29) is 47.2 Å². The third kappa shape index (κ3) is 12.1. The van der Waals surface area contributed by atoms with Gasteiger partial charge in [-0.05, 0) is 104 Å². The van der Waals surface area contributed by atoms with E-state index in [4.69, 9.17) is 56.8 Å². The number of hydrogen-bond acceptors (Lipinski definition) is 30. The van der Waals surface area contributed by atoms with Gasteiger partial charge in [0.25, 0.3) is 0 Å². The fourth-order valence-corrected chi connectivity index (χ4v) is 18.0. The Hall–Kier alpha value is -1.65. The minimum Gasteiger partial charge on any atom is -0.458 e. The van der Waals surface area contributed by atoms with Crippen molar-refractivity contribution < 1.29 is 143 Å². The van der Waals surface area contributed by atoms with Gasteiger partial charge in [0.1, 0.15) is 122 Å². The highest BCUT2D eigenvalue weighted by molar-refractivity contribution is 5.66. The SMILES string of the molecule is CC(=O)O[C@H]1C[C@H](CO[C@@H]2O[C@H](CO)[C@@H](O)[C@H](O)[C@H]2O)CN[C@]12O[C@H]1C[C@H]3[C@@H]4CC[C@H]5C[C@@H](O[C@@H]6O[C@H](CO)[C@H](O[C@@H]7O[C@H](CO)[C@@H](O)[C@H](O[C@@H]8OC[C@@H](O)[C@H](O)[C@H]8O)[C@H]7O[C@@H]7O[C@H](CO)[C@@H](O)[C@H](O)[C@H]7O)[C@H](O)[C@H]6O)CC[C@]5(C)[C@H]4CC[C@]3(C)[C@H]1[C@@H]2C. The van der Waals surface area contributed by atoms with Crippen LogP contribution in [0.25, 0.3) is 0 Å². The quantitative estimate of drug-likeness (QED) is 0.0505. The zero-order valence-corrected chi connectivity index (χ0v) is 49.9. The predicted octanol–water partition coefficient (Wildman–Crippen LogP) is -6.36. The molecule has 11 rings (SSSR count). The lowest BCUT2D eigenvalue weighted by atomic mass is 9.44. The van der Waals surface area contributed by atoms with Crippen LogP contribution in [0.2, 0.25) is 0 Å². The largest absolute Gasteiger partial charge is 0.458 e. The number of nitrogens with one attached hydrogen (secondary N) is 1. The molecule has 506 valence electrons. The van der Waals surface area contributed by atoms with Crippen LogP contribution in [0.5, 0.6) is 0 Å². The van der Waals surface area contributed by atoms with E-state index in [1.165, 1.54) is 6.92 Å². The summed E-state index contributed by atoms with van der Waals surface area (Å²) in [5.41, 5.74) is -1.09. The highest BCUT2D eigenvalue weighted by Gasteiger charge is 2.71. The standard InChI is InChI=1S/C58H95NO29/c1-21-36-30(88-58(21)35(79-22(2)64)11-23(14-59-58)19-77-51-45(74)41(70)38(67)31(15-60)81-51)13-28-26-6-5-24-12-25(7-9-56(24,3)27(26)8-10-57(28,36)4)80-53-47(76)43(72)48(34(18-63)84-53)85-55-50(87-54-46(75)42(71)39(68)32(16-61)82-54)49(40(69)33(17-62)83-55)86-52-44(73)37(66)29(65)20-78-52/h21,23-55,59-63,65-76H,5-20H2,1-4H3/t21-,23-,24-,25-,26+,27-,28-,29+,30-,31+,32+,33+,34+,35-,36-,37-,38+,39+,40+,41-,42-,43+,44+,45+,46+,47+,48-,49-,50+,51+,52-,53+,54-,55-,56-,57-,58+/m0/s1. The third-order valence-electron chi connectivity index (χ3n) is 22.7. The molecule has 1 spiro atoms. The molecule has 11 aliphatic rings. The van der Waals surface area contributed by atoms with Crippen LogP contribution in [0.1, 0.15) is 85.5 Å². The molecule has 0 amide bonds. The molecule has 88 heavy (non-hydrogen) atoms. The molecule has 0 aromatic heterocycles. The fourth-order valence-electron chi connectivity index (χ4n) is 18.0. The molecule has 7 saturated heterocycles. The topological polar surface area (TPSA) is 464 Å². The summed E-state index contributed by atoms with van der Waals surface area (Å²) in [6.45, 7) is 5.16. The maximum absolute atomic E-state index is 12.7. The Bertz CT molecular complexity index is 2330.